The lowest BCUT2D eigenvalue weighted by Crippen LogP contribution is -2.45. The number of nitrogens with zero attached hydrogens (tertiary/aromatic N) is 1. The zero-order valence-electron chi connectivity index (χ0n) is 17.7. The Labute approximate surface area is 193 Å². The smallest absolute Gasteiger partial charge is 0.330 e. The first-order chi connectivity index (χ1) is 15.6. The number of hydrogen-bond acceptors (Lipinski definition) is 8. The highest BCUT2D eigenvalue weighted by Crippen LogP contribution is 2.36. The van der Waals surface area contributed by atoms with Gasteiger partial charge in [-0.1, -0.05) is 15.9 Å². The van der Waals surface area contributed by atoms with Crippen LogP contribution in [-0.2, 0) is 23.7 Å². The summed E-state index contributed by atoms with van der Waals surface area (Å²) in [5, 5.41) is 10.0. The van der Waals surface area contributed by atoms with Crippen molar-refractivity contribution in [3.63, 3.8) is 0 Å². The lowest BCUT2D eigenvalue weighted by Gasteiger charge is -2.33. The van der Waals surface area contributed by atoms with E-state index in [1.54, 1.807) is 0 Å². The molecule has 32 heavy (non-hydrogen) atoms. The van der Waals surface area contributed by atoms with Crippen molar-refractivity contribution < 1.29 is 28.8 Å². The van der Waals surface area contributed by atoms with Gasteiger partial charge < -0.3 is 28.8 Å². The molecule has 0 amide bonds. The van der Waals surface area contributed by atoms with E-state index in [4.69, 9.17) is 23.7 Å². The van der Waals surface area contributed by atoms with E-state index in [1.807, 2.05) is 0 Å². The normalized spacial score (nSPS) is 33.7. The van der Waals surface area contributed by atoms with Gasteiger partial charge in [0, 0.05) is 19.4 Å². The van der Waals surface area contributed by atoms with Crippen molar-refractivity contribution in [2.75, 3.05) is 19.8 Å². The van der Waals surface area contributed by atoms with Gasteiger partial charge in [-0.05, 0) is 49.6 Å². The predicted octanol–water partition coefficient (Wildman–Crippen LogP) is 1.62. The summed E-state index contributed by atoms with van der Waals surface area (Å²) in [7, 11) is 0. The van der Waals surface area contributed by atoms with E-state index in [1.165, 1.54) is 21.8 Å². The number of ether oxygens (including phenoxy) is 5. The van der Waals surface area contributed by atoms with Gasteiger partial charge in [0.1, 0.15) is 18.3 Å². The van der Waals surface area contributed by atoms with Gasteiger partial charge in [-0.15, -0.1) is 0 Å². The maximum absolute atomic E-state index is 12.7. The van der Waals surface area contributed by atoms with Crippen molar-refractivity contribution in [1.82, 2.24) is 9.55 Å². The third-order valence-electron chi connectivity index (χ3n) is 5.87. The number of rotatable bonds is 7. The molecule has 0 saturated carbocycles. The maximum atomic E-state index is 12.7. The zero-order valence-corrected chi connectivity index (χ0v) is 19.3. The number of halogens is 1. The standard InChI is InChI=1S/C21H29BrN2O8/c22-8-7-13-11-24(21(27)23-19(13)26)20-18(32-16-6-2-4-10-29-16)17(14(12-25)30-20)31-15-5-1-3-9-28-15/h7-8,11,14-18,20,25H,1-6,9-10,12H2,(H,23,26,27)/t14-,15?,16?,17-,18+,20-/m1/s1. The van der Waals surface area contributed by atoms with Gasteiger partial charge in [-0.2, -0.15) is 0 Å². The fourth-order valence-electron chi connectivity index (χ4n) is 4.25. The van der Waals surface area contributed by atoms with E-state index in [2.05, 4.69) is 20.9 Å². The molecule has 3 aliphatic rings. The van der Waals surface area contributed by atoms with Gasteiger partial charge in [0.15, 0.2) is 18.8 Å². The number of aliphatic hydroxyl groups excluding tert-OH is 1. The van der Waals surface area contributed by atoms with Crippen LogP contribution in [0.5, 0.6) is 0 Å². The van der Waals surface area contributed by atoms with Crippen LogP contribution >= 0.6 is 15.9 Å². The molecule has 1 aromatic heterocycles. The largest absolute Gasteiger partial charge is 0.394 e. The van der Waals surface area contributed by atoms with E-state index in [0.717, 1.165) is 32.1 Å². The van der Waals surface area contributed by atoms with Crippen LogP contribution in [0.1, 0.15) is 50.3 Å². The summed E-state index contributed by atoms with van der Waals surface area (Å²) in [6.07, 6.45) is 4.20. The molecule has 2 unspecified atom stereocenters. The summed E-state index contributed by atoms with van der Waals surface area (Å²) in [6.45, 7) is 0.859. The van der Waals surface area contributed by atoms with Crippen LogP contribution in [0.15, 0.2) is 20.8 Å². The molecular weight excluding hydrogens is 488 g/mol. The fourth-order valence-corrected chi connectivity index (χ4v) is 4.54. The Hall–Kier alpha value is -1.34. The molecule has 2 N–H and O–H groups in total. The van der Waals surface area contributed by atoms with Crippen LogP contribution < -0.4 is 11.2 Å². The van der Waals surface area contributed by atoms with Crippen molar-refractivity contribution >= 4 is 22.0 Å². The molecular formula is C21H29BrN2O8. The highest BCUT2D eigenvalue weighted by atomic mass is 79.9. The van der Waals surface area contributed by atoms with Gasteiger partial charge >= 0.3 is 5.69 Å². The summed E-state index contributed by atoms with van der Waals surface area (Å²) in [6, 6.07) is 0. The maximum Gasteiger partial charge on any atom is 0.330 e. The molecule has 4 rings (SSSR count). The molecule has 3 fully saturated rings. The first-order valence-electron chi connectivity index (χ1n) is 11.0. The third kappa shape index (κ3) is 5.41. The van der Waals surface area contributed by atoms with Crippen LogP contribution in [0.3, 0.4) is 0 Å². The Morgan fingerprint density at radius 2 is 1.75 bits per heavy atom. The van der Waals surface area contributed by atoms with Crippen molar-refractivity contribution in [2.45, 2.75) is 75.6 Å². The summed E-state index contributed by atoms with van der Waals surface area (Å²) in [5.41, 5.74) is -0.899. The molecule has 11 heteroatoms. The van der Waals surface area contributed by atoms with Crippen molar-refractivity contribution in [2.24, 2.45) is 0 Å². The highest BCUT2D eigenvalue weighted by Gasteiger charge is 2.49. The van der Waals surface area contributed by atoms with Crippen LogP contribution in [0, 0.1) is 0 Å². The highest BCUT2D eigenvalue weighted by molar-refractivity contribution is 9.11. The van der Waals surface area contributed by atoms with Crippen molar-refractivity contribution in [1.29, 1.82) is 0 Å². The Morgan fingerprint density at radius 3 is 2.31 bits per heavy atom. The SMILES string of the molecule is O=c1[nH]c(=O)n([C@@H]2O[C@H](CO)[C@@H](OC3CCCCO3)[C@@H]2OC2CCCCO2)cc1C=CBr. The number of aromatic amines is 1. The minimum atomic E-state index is -0.932. The number of aliphatic hydroxyl groups is 1. The molecule has 3 saturated heterocycles. The fraction of sp³-hybridized carbons (Fsp3) is 0.714. The Kier molecular flexibility index (Phi) is 8.32. The summed E-state index contributed by atoms with van der Waals surface area (Å²) < 4.78 is 31.3. The number of aromatic nitrogens is 2. The second kappa shape index (κ2) is 11.2. The van der Waals surface area contributed by atoms with Gasteiger partial charge in [0.2, 0.25) is 0 Å². The van der Waals surface area contributed by atoms with Crippen LogP contribution in [-0.4, -0.2) is 65.4 Å². The van der Waals surface area contributed by atoms with E-state index >= 15 is 0 Å². The number of hydrogen-bond donors (Lipinski definition) is 2. The molecule has 6 atom stereocenters. The van der Waals surface area contributed by atoms with Crippen LogP contribution in [0.2, 0.25) is 0 Å². The quantitative estimate of drug-likeness (QED) is 0.560. The van der Waals surface area contributed by atoms with Crippen molar-refractivity contribution in [3.8, 4) is 0 Å². The van der Waals surface area contributed by atoms with E-state index < -0.39 is 48.4 Å². The second-order valence-electron chi connectivity index (χ2n) is 8.08. The molecule has 178 valence electrons. The summed E-state index contributed by atoms with van der Waals surface area (Å²) in [4.78, 5) is 28.6. The topological polar surface area (TPSA) is 121 Å². The minimum absolute atomic E-state index is 0.262. The Morgan fingerprint density at radius 1 is 1.09 bits per heavy atom. The molecule has 3 aliphatic heterocycles. The monoisotopic (exact) mass is 516 g/mol. The minimum Gasteiger partial charge on any atom is -0.394 e. The van der Waals surface area contributed by atoms with Crippen molar-refractivity contribution in [3.05, 3.63) is 37.6 Å². The lowest BCUT2D eigenvalue weighted by atomic mass is 10.1. The molecule has 4 heterocycles. The Bertz CT molecular complexity index is 891. The third-order valence-corrected chi connectivity index (χ3v) is 6.14. The van der Waals surface area contributed by atoms with Crippen LogP contribution in [0.4, 0.5) is 0 Å². The van der Waals surface area contributed by atoms with Gasteiger partial charge in [0.05, 0.1) is 12.2 Å². The molecule has 0 spiro atoms. The van der Waals surface area contributed by atoms with E-state index in [0.29, 0.717) is 19.6 Å². The molecule has 10 nitrogen and oxygen atoms in total. The first kappa shape index (κ1) is 23.8. The second-order valence-corrected chi connectivity index (χ2v) is 8.61. The van der Waals surface area contributed by atoms with Crippen LogP contribution in [0.25, 0.3) is 6.08 Å². The van der Waals surface area contributed by atoms with Gasteiger partial charge in [0.25, 0.3) is 5.56 Å². The average Bonchev–Trinajstić information content (AvgIpc) is 3.14. The molecule has 0 aromatic carbocycles. The molecule has 0 radical (unpaired) electrons. The lowest BCUT2D eigenvalue weighted by molar-refractivity contribution is -0.248. The Balaban J connectivity index is 1.66. The first-order valence-corrected chi connectivity index (χ1v) is 11.9. The number of nitrogens with one attached hydrogen (secondary N) is 1. The predicted molar refractivity (Wildman–Crippen MR) is 117 cm³/mol. The zero-order chi connectivity index (χ0) is 22.5. The molecule has 0 aliphatic carbocycles. The molecule has 1 aromatic rings. The number of H-pyrrole nitrogens is 1. The molecule has 0 bridgehead atoms. The van der Waals surface area contributed by atoms with Gasteiger partial charge in [-0.3, -0.25) is 14.3 Å². The van der Waals surface area contributed by atoms with Gasteiger partial charge in [-0.25, -0.2) is 4.79 Å². The summed E-state index contributed by atoms with van der Waals surface area (Å²) >= 11 is 3.15. The summed E-state index contributed by atoms with van der Waals surface area (Å²) in [5.74, 6) is 0. The van der Waals surface area contributed by atoms with E-state index in [-0.39, 0.29) is 12.2 Å². The average molecular weight is 517 g/mol. The van der Waals surface area contributed by atoms with E-state index in [9.17, 15) is 14.7 Å².